The molecule has 0 aliphatic carbocycles. The number of aldehydes is 1. The summed E-state index contributed by atoms with van der Waals surface area (Å²) in [5.41, 5.74) is 3.66. The number of carbonyl (C=O) groups is 1. The van der Waals surface area contributed by atoms with Crippen LogP contribution in [-0.4, -0.2) is 48.9 Å². The molecule has 0 saturated carbocycles. The predicted molar refractivity (Wildman–Crippen MR) is 126 cm³/mol. The van der Waals surface area contributed by atoms with Crippen LogP contribution in [0.2, 0.25) is 0 Å². The van der Waals surface area contributed by atoms with Gasteiger partial charge in [-0.05, 0) is 59.7 Å². The molecule has 188 valence electrons. The fourth-order valence-corrected chi connectivity index (χ4v) is 3.80. The van der Waals surface area contributed by atoms with E-state index in [2.05, 4.69) is 15.5 Å². The van der Waals surface area contributed by atoms with E-state index in [1.54, 1.807) is 24.3 Å². The minimum Gasteiger partial charge on any atom is -0.489 e. The van der Waals surface area contributed by atoms with E-state index in [1.807, 2.05) is 26.0 Å². The monoisotopic (exact) mass is 498 g/mol. The van der Waals surface area contributed by atoms with Crippen LogP contribution in [0.5, 0.6) is 11.6 Å². The van der Waals surface area contributed by atoms with E-state index in [-0.39, 0.29) is 23.7 Å². The molecule has 36 heavy (non-hydrogen) atoms. The first kappa shape index (κ1) is 24.8. The number of rotatable bonds is 9. The van der Waals surface area contributed by atoms with Gasteiger partial charge in [0.05, 0.1) is 5.69 Å². The van der Waals surface area contributed by atoms with Crippen molar-refractivity contribution < 1.29 is 23.0 Å². The van der Waals surface area contributed by atoms with Crippen molar-refractivity contribution in [3.63, 3.8) is 0 Å². The summed E-state index contributed by atoms with van der Waals surface area (Å²) in [7, 11) is 3.04. The van der Waals surface area contributed by atoms with E-state index in [0.717, 1.165) is 21.4 Å². The molecule has 0 aliphatic rings. The molecular formula is C24H24F2N6O4. The number of halogens is 2. The van der Waals surface area contributed by atoms with E-state index < -0.39 is 13.0 Å². The molecule has 0 aliphatic heterocycles. The van der Waals surface area contributed by atoms with Gasteiger partial charge in [-0.1, -0.05) is 12.1 Å². The van der Waals surface area contributed by atoms with E-state index >= 15 is 0 Å². The second kappa shape index (κ2) is 10.1. The zero-order valence-electron chi connectivity index (χ0n) is 20.1. The van der Waals surface area contributed by atoms with Crippen molar-refractivity contribution in [1.82, 2.24) is 29.6 Å². The molecule has 2 aromatic carbocycles. The van der Waals surface area contributed by atoms with Crippen LogP contribution in [0, 0.1) is 13.8 Å². The lowest BCUT2D eigenvalue weighted by molar-refractivity contribution is 0.0765. The number of hydrogen-bond donors (Lipinski definition) is 0. The molecule has 0 radical (unpaired) electrons. The molecule has 0 atom stereocenters. The molecule has 0 saturated heterocycles. The van der Waals surface area contributed by atoms with E-state index in [9.17, 15) is 18.4 Å². The van der Waals surface area contributed by atoms with Crippen molar-refractivity contribution in [3.8, 4) is 28.6 Å². The maximum Gasteiger partial charge on any atom is 0.368 e. The first-order chi connectivity index (χ1) is 17.2. The van der Waals surface area contributed by atoms with Crippen molar-refractivity contribution >= 4 is 6.29 Å². The van der Waals surface area contributed by atoms with Crippen LogP contribution in [0.1, 0.15) is 27.0 Å². The van der Waals surface area contributed by atoms with Crippen LogP contribution in [-0.2, 0) is 20.7 Å². The Hall–Kier alpha value is -4.35. The third kappa shape index (κ3) is 4.74. The number of ether oxygens (including phenoxy) is 2. The van der Waals surface area contributed by atoms with Crippen LogP contribution in [0.15, 0.2) is 41.2 Å². The van der Waals surface area contributed by atoms with Gasteiger partial charge in [-0.25, -0.2) is 18.3 Å². The van der Waals surface area contributed by atoms with Crippen LogP contribution in [0.25, 0.3) is 16.9 Å². The Morgan fingerprint density at radius 3 is 2.44 bits per heavy atom. The lowest BCUT2D eigenvalue weighted by Crippen LogP contribution is -2.23. The number of benzene rings is 2. The van der Waals surface area contributed by atoms with Crippen LogP contribution >= 0.6 is 0 Å². The number of tetrazole rings is 1. The van der Waals surface area contributed by atoms with Gasteiger partial charge in [-0.15, -0.1) is 0 Å². The maximum absolute atomic E-state index is 12.6. The van der Waals surface area contributed by atoms with Crippen LogP contribution in [0.3, 0.4) is 0 Å². The zero-order valence-corrected chi connectivity index (χ0v) is 20.1. The summed E-state index contributed by atoms with van der Waals surface area (Å²) in [5.74, 6) is 0.557. The quantitative estimate of drug-likeness (QED) is 0.327. The Morgan fingerprint density at radius 2 is 1.81 bits per heavy atom. The van der Waals surface area contributed by atoms with Gasteiger partial charge in [0, 0.05) is 25.2 Å². The number of hydrogen-bond acceptors (Lipinski definition) is 7. The molecule has 10 nitrogen and oxygen atoms in total. The minimum absolute atomic E-state index is 0.0235. The highest BCUT2D eigenvalue weighted by Gasteiger charge is 2.21. The molecule has 2 aromatic heterocycles. The number of alkyl halides is 2. The van der Waals surface area contributed by atoms with Gasteiger partial charge in [0.2, 0.25) is 5.88 Å². The summed E-state index contributed by atoms with van der Waals surface area (Å²) in [6.45, 7) is 3.07. The Bertz CT molecular complexity index is 1470. The number of carbonyl (C=O) groups excluding carboxylic acids is 1. The average molecular weight is 498 g/mol. The number of nitrogens with zero attached hydrogens (tertiary/aromatic N) is 6. The molecule has 0 amide bonds. The topological polar surface area (TPSA) is 106 Å². The molecule has 4 aromatic rings. The third-order valence-corrected chi connectivity index (χ3v) is 5.65. The standard InChI is InChI=1S/C24H24F2N6O4/c1-14-6-5-7-19(32-24(34)31(4)28-29-32)18(14)12-35-20-9-8-16(10-15(20)2)22-17(11-33)23(30(3)27-22)36-13-21(25)26/h5-11,21H,12-13H2,1-4H3. The van der Waals surface area contributed by atoms with Crippen molar-refractivity contribution in [2.24, 2.45) is 14.1 Å². The Kier molecular flexibility index (Phi) is 6.95. The Labute approximate surface area is 204 Å². The Morgan fingerprint density at radius 1 is 1.03 bits per heavy atom. The average Bonchev–Trinajstić information content (AvgIpc) is 3.35. The van der Waals surface area contributed by atoms with E-state index in [0.29, 0.717) is 29.0 Å². The van der Waals surface area contributed by atoms with Crippen molar-refractivity contribution in [3.05, 3.63) is 69.1 Å². The highest BCUT2D eigenvalue weighted by Crippen LogP contribution is 2.32. The first-order valence-corrected chi connectivity index (χ1v) is 11.0. The molecule has 2 heterocycles. The van der Waals surface area contributed by atoms with Gasteiger partial charge in [0.1, 0.15) is 23.6 Å². The van der Waals surface area contributed by atoms with Crippen LogP contribution in [0.4, 0.5) is 8.78 Å². The molecule has 0 bridgehead atoms. The van der Waals surface area contributed by atoms with E-state index in [1.165, 1.54) is 23.5 Å². The first-order valence-electron chi connectivity index (χ1n) is 11.0. The van der Waals surface area contributed by atoms with Gasteiger partial charge >= 0.3 is 5.69 Å². The van der Waals surface area contributed by atoms with E-state index in [4.69, 9.17) is 9.47 Å². The molecule has 0 spiro atoms. The highest BCUT2D eigenvalue weighted by atomic mass is 19.3. The summed E-state index contributed by atoms with van der Waals surface area (Å²) in [4.78, 5) is 24.1. The van der Waals surface area contributed by atoms with Gasteiger partial charge < -0.3 is 9.47 Å². The summed E-state index contributed by atoms with van der Waals surface area (Å²) in [6, 6.07) is 10.8. The number of aromatic nitrogens is 6. The second-order valence-corrected chi connectivity index (χ2v) is 8.15. The summed E-state index contributed by atoms with van der Waals surface area (Å²) in [6.07, 6.45) is -2.14. The minimum atomic E-state index is -2.68. The maximum atomic E-state index is 12.6. The largest absolute Gasteiger partial charge is 0.489 e. The fraction of sp³-hybridized carbons (Fsp3) is 0.292. The molecule has 0 N–H and O–H groups in total. The molecular weight excluding hydrogens is 474 g/mol. The zero-order chi connectivity index (χ0) is 26.0. The smallest absolute Gasteiger partial charge is 0.368 e. The van der Waals surface area contributed by atoms with Crippen molar-refractivity contribution in [1.29, 1.82) is 0 Å². The van der Waals surface area contributed by atoms with Crippen LogP contribution < -0.4 is 15.2 Å². The van der Waals surface area contributed by atoms with Gasteiger partial charge in [-0.2, -0.15) is 14.5 Å². The summed E-state index contributed by atoms with van der Waals surface area (Å²) < 4.78 is 40.0. The fourth-order valence-electron chi connectivity index (χ4n) is 3.80. The molecule has 4 rings (SSSR count). The molecule has 12 heteroatoms. The Balaban J connectivity index is 1.60. The normalized spacial score (nSPS) is 11.2. The van der Waals surface area contributed by atoms with Gasteiger partial charge in [-0.3, -0.25) is 4.79 Å². The lowest BCUT2D eigenvalue weighted by Gasteiger charge is -2.14. The second-order valence-electron chi connectivity index (χ2n) is 8.15. The van der Waals surface area contributed by atoms with Crippen molar-refractivity contribution in [2.75, 3.05) is 6.61 Å². The molecule has 0 unspecified atom stereocenters. The highest BCUT2D eigenvalue weighted by molar-refractivity contribution is 5.89. The predicted octanol–water partition coefficient (Wildman–Crippen LogP) is 3.02. The van der Waals surface area contributed by atoms with Crippen molar-refractivity contribution in [2.45, 2.75) is 26.9 Å². The van der Waals surface area contributed by atoms with Gasteiger partial charge in [0.15, 0.2) is 12.9 Å². The molecule has 0 fully saturated rings. The summed E-state index contributed by atoms with van der Waals surface area (Å²) in [5, 5.41) is 12.0. The third-order valence-electron chi connectivity index (χ3n) is 5.65. The summed E-state index contributed by atoms with van der Waals surface area (Å²) >= 11 is 0. The SMILES string of the molecule is Cc1cc(-c2nn(C)c(OCC(F)F)c2C=O)ccc1OCc1c(C)cccc1-n1nnn(C)c1=O. The lowest BCUT2D eigenvalue weighted by atomic mass is 10.0. The van der Waals surface area contributed by atoms with Gasteiger partial charge in [0.25, 0.3) is 6.43 Å². The number of aryl methyl sites for hydroxylation is 4.